The molecule has 7 heteroatoms. The number of pyridine rings is 1. The Morgan fingerprint density at radius 3 is 2.61 bits per heavy atom. The molecule has 1 aromatic carbocycles. The van der Waals surface area contributed by atoms with Crippen molar-refractivity contribution in [2.24, 2.45) is 13.0 Å². The number of hydrogen-bond donors (Lipinski definition) is 0. The van der Waals surface area contributed by atoms with Crippen LogP contribution < -0.4 is 15.0 Å². The van der Waals surface area contributed by atoms with E-state index >= 15 is 0 Å². The Morgan fingerprint density at radius 2 is 2.00 bits per heavy atom. The Bertz CT molecular complexity index is 942. The normalized spacial score (nSPS) is 11.9. The Morgan fingerprint density at radius 1 is 1.29 bits per heavy atom. The van der Waals surface area contributed by atoms with E-state index in [1.165, 1.54) is 16.7 Å². The molecule has 1 unspecified atom stereocenters. The number of non-ortho nitro benzene ring substituents is 1. The molecule has 0 aliphatic heterocycles. The predicted octanol–water partition coefficient (Wildman–Crippen LogP) is 4.61. The van der Waals surface area contributed by atoms with Crippen LogP contribution in [0, 0.1) is 16.0 Å². The number of benzene rings is 1. The van der Waals surface area contributed by atoms with Gasteiger partial charge in [0.2, 0.25) is 5.75 Å². The summed E-state index contributed by atoms with van der Waals surface area (Å²) in [5.41, 5.74) is 1.06. The van der Waals surface area contributed by atoms with E-state index < -0.39 is 4.92 Å². The molecule has 0 bridgehead atoms. The zero-order chi connectivity index (χ0) is 20.8. The molecule has 1 heterocycles. The molecule has 0 amide bonds. The van der Waals surface area contributed by atoms with Gasteiger partial charge in [-0.25, -0.2) is 0 Å². The van der Waals surface area contributed by atoms with Crippen LogP contribution in [0.1, 0.15) is 40.5 Å². The molecule has 1 atom stereocenters. The summed E-state index contributed by atoms with van der Waals surface area (Å²) in [5, 5.41) is 11.7. The summed E-state index contributed by atoms with van der Waals surface area (Å²) >= 11 is 0. The largest absolute Gasteiger partial charge is 0.485 e. The number of aryl methyl sites for hydroxylation is 1. The number of nitro groups is 1. The summed E-state index contributed by atoms with van der Waals surface area (Å²) in [6.07, 6.45) is 3.93. The lowest BCUT2D eigenvalue weighted by molar-refractivity contribution is -0.384. The molecule has 0 saturated heterocycles. The highest BCUT2D eigenvalue weighted by molar-refractivity contribution is 5.89. The first-order chi connectivity index (χ1) is 13.3. The molecule has 1 aromatic heterocycles. The minimum atomic E-state index is -0.482. The topological polar surface area (TPSA) is 83.6 Å². The summed E-state index contributed by atoms with van der Waals surface area (Å²) in [6, 6.07) is 4.39. The number of ether oxygens (including phenoxy) is 2. The van der Waals surface area contributed by atoms with Crippen LogP contribution in [0.4, 0.5) is 5.69 Å². The second-order valence-corrected chi connectivity index (χ2v) is 7.28. The van der Waals surface area contributed by atoms with E-state index in [2.05, 4.69) is 13.8 Å². The van der Waals surface area contributed by atoms with Gasteiger partial charge in [-0.2, -0.15) is 0 Å². The van der Waals surface area contributed by atoms with E-state index in [9.17, 15) is 14.9 Å². The van der Waals surface area contributed by atoms with Gasteiger partial charge in [-0.1, -0.05) is 25.8 Å². The SMILES string of the molecule is CCCC(C)COc1c(OCC=C(C)C)c2ccc([N+](=O)[O-])cc2n(C)c1=O. The minimum Gasteiger partial charge on any atom is -0.485 e. The summed E-state index contributed by atoms with van der Waals surface area (Å²) in [6.45, 7) is 8.77. The monoisotopic (exact) mass is 388 g/mol. The van der Waals surface area contributed by atoms with Crippen molar-refractivity contribution in [3.05, 3.63) is 50.3 Å². The number of allylic oxidation sites excluding steroid dienone is 1. The van der Waals surface area contributed by atoms with Gasteiger partial charge in [-0.15, -0.1) is 0 Å². The minimum absolute atomic E-state index is 0.0806. The van der Waals surface area contributed by atoms with Crippen molar-refractivity contribution in [2.45, 2.75) is 40.5 Å². The van der Waals surface area contributed by atoms with E-state index in [1.54, 1.807) is 13.1 Å². The van der Waals surface area contributed by atoms with Crippen LogP contribution in [0.2, 0.25) is 0 Å². The molecule has 0 radical (unpaired) electrons. The van der Waals surface area contributed by atoms with Crippen molar-refractivity contribution in [2.75, 3.05) is 13.2 Å². The number of nitrogens with zero attached hydrogens (tertiary/aromatic N) is 2. The summed E-state index contributed by atoms with van der Waals surface area (Å²) in [5.74, 6) is 0.774. The second-order valence-electron chi connectivity index (χ2n) is 7.28. The summed E-state index contributed by atoms with van der Waals surface area (Å²) in [7, 11) is 1.58. The Kier molecular flexibility index (Phi) is 7.20. The van der Waals surface area contributed by atoms with E-state index in [1.807, 2.05) is 19.9 Å². The van der Waals surface area contributed by atoms with E-state index in [0.717, 1.165) is 18.4 Å². The van der Waals surface area contributed by atoms with Crippen LogP contribution >= 0.6 is 0 Å². The number of hydrogen-bond acceptors (Lipinski definition) is 5. The molecule has 0 spiro atoms. The maximum atomic E-state index is 12.9. The smallest absolute Gasteiger partial charge is 0.297 e. The molecular weight excluding hydrogens is 360 g/mol. The standard InChI is InChI=1S/C21H28N2O5/c1-6-7-15(4)13-28-20-19(27-11-10-14(2)3)17-9-8-16(23(25)26)12-18(17)22(5)21(20)24/h8-10,12,15H,6-7,11,13H2,1-5H3. The molecule has 152 valence electrons. The lowest BCUT2D eigenvalue weighted by Gasteiger charge is -2.18. The van der Waals surface area contributed by atoms with Gasteiger partial charge in [0.25, 0.3) is 11.2 Å². The van der Waals surface area contributed by atoms with Crippen molar-refractivity contribution in [1.82, 2.24) is 4.57 Å². The Labute approximate surface area is 164 Å². The van der Waals surface area contributed by atoms with Crippen LogP contribution in [0.15, 0.2) is 34.6 Å². The van der Waals surface area contributed by atoms with Crippen LogP contribution in [-0.4, -0.2) is 22.7 Å². The molecule has 0 N–H and O–H groups in total. The summed E-state index contributed by atoms with van der Waals surface area (Å²) in [4.78, 5) is 23.6. The molecule has 2 rings (SSSR count). The molecule has 7 nitrogen and oxygen atoms in total. The third-order valence-corrected chi connectivity index (χ3v) is 4.52. The predicted molar refractivity (Wildman–Crippen MR) is 110 cm³/mol. The number of rotatable bonds is 9. The molecular formula is C21H28N2O5. The van der Waals surface area contributed by atoms with Crippen LogP contribution in [0.3, 0.4) is 0 Å². The quantitative estimate of drug-likeness (QED) is 0.356. The molecule has 0 aliphatic rings. The van der Waals surface area contributed by atoms with Crippen LogP contribution in [0.25, 0.3) is 10.9 Å². The average molecular weight is 388 g/mol. The molecule has 2 aromatic rings. The lowest BCUT2D eigenvalue weighted by atomic mass is 10.1. The molecule has 0 saturated carbocycles. The van der Waals surface area contributed by atoms with Gasteiger partial charge in [0.1, 0.15) is 6.61 Å². The van der Waals surface area contributed by atoms with Gasteiger partial charge >= 0.3 is 0 Å². The maximum absolute atomic E-state index is 12.9. The zero-order valence-electron chi connectivity index (χ0n) is 17.2. The van der Waals surface area contributed by atoms with Gasteiger partial charge in [-0.05, 0) is 38.3 Å². The van der Waals surface area contributed by atoms with Crippen molar-refractivity contribution in [3.8, 4) is 11.5 Å². The summed E-state index contributed by atoms with van der Waals surface area (Å²) < 4.78 is 13.2. The van der Waals surface area contributed by atoms with Gasteiger partial charge in [-0.3, -0.25) is 14.9 Å². The average Bonchev–Trinajstić information content (AvgIpc) is 2.64. The van der Waals surface area contributed by atoms with Crippen molar-refractivity contribution in [3.63, 3.8) is 0 Å². The van der Waals surface area contributed by atoms with E-state index in [4.69, 9.17) is 9.47 Å². The number of nitro benzene ring substituents is 1. The highest BCUT2D eigenvalue weighted by atomic mass is 16.6. The third-order valence-electron chi connectivity index (χ3n) is 4.52. The van der Waals surface area contributed by atoms with Gasteiger partial charge in [0, 0.05) is 24.6 Å². The van der Waals surface area contributed by atoms with Crippen molar-refractivity contribution < 1.29 is 14.4 Å². The molecule has 0 fully saturated rings. The van der Waals surface area contributed by atoms with Gasteiger partial charge < -0.3 is 14.0 Å². The fraction of sp³-hybridized carbons (Fsp3) is 0.476. The fourth-order valence-electron chi connectivity index (χ4n) is 2.95. The first-order valence-corrected chi connectivity index (χ1v) is 9.46. The first-order valence-electron chi connectivity index (χ1n) is 9.46. The maximum Gasteiger partial charge on any atom is 0.297 e. The van der Waals surface area contributed by atoms with Gasteiger partial charge in [0.15, 0.2) is 5.75 Å². The Balaban J connectivity index is 2.59. The van der Waals surface area contributed by atoms with Crippen LogP contribution in [-0.2, 0) is 7.05 Å². The van der Waals surface area contributed by atoms with Crippen molar-refractivity contribution in [1.29, 1.82) is 0 Å². The zero-order valence-corrected chi connectivity index (χ0v) is 17.2. The van der Waals surface area contributed by atoms with E-state index in [-0.39, 0.29) is 23.6 Å². The fourth-order valence-corrected chi connectivity index (χ4v) is 2.95. The third kappa shape index (κ3) is 4.91. The van der Waals surface area contributed by atoms with Crippen molar-refractivity contribution >= 4 is 16.6 Å². The number of fused-ring (bicyclic) bond motifs is 1. The number of aromatic nitrogens is 1. The second kappa shape index (κ2) is 9.39. The first kappa shape index (κ1) is 21.5. The van der Waals surface area contributed by atoms with Gasteiger partial charge in [0.05, 0.1) is 17.0 Å². The molecule has 28 heavy (non-hydrogen) atoms. The highest BCUT2D eigenvalue weighted by Gasteiger charge is 2.21. The highest BCUT2D eigenvalue weighted by Crippen LogP contribution is 2.34. The van der Waals surface area contributed by atoms with E-state index in [0.29, 0.717) is 29.2 Å². The lowest BCUT2D eigenvalue weighted by Crippen LogP contribution is -2.23. The van der Waals surface area contributed by atoms with Crippen LogP contribution in [0.5, 0.6) is 11.5 Å². The Hall–Kier alpha value is -2.83. The molecule has 0 aliphatic carbocycles.